The van der Waals surface area contributed by atoms with Gasteiger partial charge in [-0.1, -0.05) is 48.5 Å². The number of nitrogens with zero attached hydrogens (tertiary/aromatic N) is 1. The van der Waals surface area contributed by atoms with E-state index < -0.39 is 41.8 Å². The van der Waals surface area contributed by atoms with Crippen LogP contribution in [0.1, 0.15) is 46.0 Å². The Morgan fingerprint density at radius 1 is 1.00 bits per heavy atom. The second kappa shape index (κ2) is 12.8. The molecule has 5 aromatic rings. The van der Waals surface area contributed by atoms with Crippen molar-refractivity contribution in [3.05, 3.63) is 117 Å². The lowest BCUT2D eigenvalue weighted by Crippen LogP contribution is -2.43. The number of esters is 1. The third-order valence-electron chi connectivity index (χ3n) is 8.65. The number of nitrogens with one attached hydrogen (secondary N) is 1. The molecule has 1 saturated heterocycles. The molecule has 10 heteroatoms. The number of aromatic nitrogens is 1. The van der Waals surface area contributed by atoms with Crippen molar-refractivity contribution in [2.75, 3.05) is 13.7 Å². The molecule has 0 bridgehead atoms. The van der Waals surface area contributed by atoms with Crippen molar-refractivity contribution in [2.24, 2.45) is 7.05 Å². The molecule has 7 nitrogen and oxygen atoms in total. The van der Waals surface area contributed by atoms with Gasteiger partial charge in [0.25, 0.3) is 11.5 Å². The molecule has 0 saturated carbocycles. The van der Waals surface area contributed by atoms with Crippen molar-refractivity contribution in [1.82, 2.24) is 9.88 Å². The van der Waals surface area contributed by atoms with Crippen LogP contribution in [0.2, 0.25) is 0 Å². The maximum absolute atomic E-state index is 15.0. The monoisotopic (exact) mass is 628 g/mol. The Hall–Kier alpha value is -4.96. The van der Waals surface area contributed by atoms with Crippen molar-refractivity contribution < 1.29 is 32.2 Å². The number of hydrogen-bond donors (Lipinski definition) is 1. The fourth-order valence-electron chi connectivity index (χ4n) is 6.36. The molecule has 236 valence electrons. The number of methoxy groups -OCH3 is 1. The van der Waals surface area contributed by atoms with Crippen LogP contribution in [-0.2, 0) is 34.4 Å². The Balaban J connectivity index is 1.45. The van der Waals surface area contributed by atoms with Gasteiger partial charge in [-0.05, 0) is 64.6 Å². The third-order valence-corrected chi connectivity index (χ3v) is 8.65. The van der Waals surface area contributed by atoms with Crippen LogP contribution in [0.25, 0.3) is 32.8 Å². The number of ether oxygens (including phenoxy) is 2. The number of aryl methyl sites for hydroxylation is 1. The van der Waals surface area contributed by atoms with Gasteiger partial charge in [0.2, 0.25) is 0 Å². The highest BCUT2D eigenvalue weighted by Gasteiger charge is 2.27. The second-order valence-electron chi connectivity index (χ2n) is 11.3. The lowest BCUT2D eigenvalue weighted by Gasteiger charge is -2.20. The molecule has 1 amide bonds. The van der Waals surface area contributed by atoms with E-state index in [1.54, 1.807) is 43.4 Å². The maximum Gasteiger partial charge on any atom is 0.328 e. The standard InChI is InChI=1S/C36H31F3N2O5/c1-41-30-15-14-21(31-13-6-16-46-31)17-25(30)26(19-37)32(35(41)43)24-10-4-8-22-20(7-3-9-23(22)24)18-29(36(44)45-2)40-34(42)33-27(38)11-5-12-28(33)39/h3-5,7-12,14-15,17,29,31H,6,13,16,18-19H2,1-2H3,(H,40,42)/t29-,31?/m0/s1. The van der Waals surface area contributed by atoms with E-state index in [9.17, 15) is 27.6 Å². The molecule has 1 unspecified atom stereocenters. The van der Waals surface area contributed by atoms with Crippen LogP contribution in [0.4, 0.5) is 13.2 Å². The number of hydrogen-bond acceptors (Lipinski definition) is 5. The molecule has 46 heavy (non-hydrogen) atoms. The van der Waals surface area contributed by atoms with Gasteiger partial charge in [0.05, 0.1) is 24.3 Å². The highest BCUT2D eigenvalue weighted by atomic mass is 19.1. The molecule has 4 aromatic carbocycles. The van der Waals surface area contributed by atoms with Crippen molar-refractivity contribution in [3.63, 3.8) is 0 Å². The molecule has 0 radical (unpaired) electrons. The molecule has 1 aliphatic heterocycles. The molecule has 2 heterocycles. The Labute approximate surface area is 262 Å². The fraction of sp³-hybridized carbons (Fsp3) is 0.250. The first-order valence-electron chi connectivity index (χ1n) is 14.9. The van der Waals surface area contributed by atoms with Crippen molar-refractivity contribution in [1.29, 1.82) is 0 Å². The highest BCUT2D eigenvalue weighted by Crippen LogP contribution is 2.36. The predicted molar refractivity (Wildman–Crippen MR) is 168 cm³/mol. The van der Waals surface area contributed by atoms with Crippen LogP contribution in [-0.4, -0.2) is 36.2 Å². The van der Waals surface area contributed by atoms with E-state index in [2.05, 4.69) is 5.32 Å². The Morgan fingerprint density at radius 3 is 2.41 bits per heavy atom. The van der Waals surface area contributed by atoms with Gasteiger partial charge in [-0.25, -0.2) is 18.0 Å². The van der Waals surface area contributed by atoms with E-state index >= 15 is 0 Å². The van der Waals surface area contributed by atoms with Gasteiger partial charge in [0.1, 0.15) is 29.9 Å². The number of pyridine rings is 1. The predicted octanol–water partition coefficient (Wildman–Crippen LogP) is 6.47. The highest BCUT2D eigenvalue weighted by molar-refractivity contribution is 6.02. The molecular weight excluding hydrogens is 597 g/mol. The van der Waals surface area contributed by atoms with Gasteiger partial charge < -0.3 is 19.4 Å². The third kappa shape index (κ3) is 5.53. The van der Waals surface area contributed by atoms with Gasteiger partial charge in [-0.15, -0.1) is 0 Å². The van der Waals surface area contributed by atoms with Crippen molar-refractivity contribution in [2.45, 2.75) is 38.1 Å². The summed E-state index contributed by atoms with van der Waals surface area (Å²) in [5.74, 6) is -4.07. The molecule has 1 aliphatic rings. The number of amides is 1. The first kappa shape index (κ1) is 31.0. The summed E-state index contributed by atoms with van der Waals surface area (Å²) in [5.41, 5.74) is 1.93. The van der Waals surface area contributed by atoms with Crippen LogP contribution in [0, 0.1) is 11.6 Å². The molecule has 6 rings (SSSR count). The second-order valence-corrected chi connectivity index (χ2v) is 11.3. The van der Waals surface area contributed by atoms with Crippen molar-refractivity contribution >= 4 is 33.6 Å². The topological polar surface area (TPSA) is 86.6 Å². The maximum atomic E-state index is 15.0. The smallest absolute Gasteiger partial charge is 0.328 e. The van der Waals surface area contributed by atoms with Gasteiger partial charge in [0.15, 0.2) is 0 Å². The average molecular weight is 629 g/mol. The summed E-state index contributed by atoms with van der Waals surface area (Å²) < 4.78 is 55.9. The Bertz CT molecular complexity index is 2030. The van der Waals surface area contributed by atoms with E-state index in [1.165, 1.54) is 4.57 Å². The minimum Gasteiger partial charge on any atom is -0.467 e. The molecule has 1 aromatic heterocycles. The first-order valence-corrected chi connectivity index (χ1v) is 14.9. The minimum absolute atomic E-state index is 0.0872. The summed E-state index contributed by atoms with van der Waals surface area (Å²) in [5, 5.41) is 4.28. The van der Waals surface area contributed by atoms with Crippen molar-refractivity contribution in [3.8, 4) is 11.1 Å². The van der Waals surface area contributed by atoms with E-state index in [-0.39, 0.29) is 29.2 Å². The molecule has 1 fully saturated rings. The lowest BCUT2D eigenvalue weighted by molar-refractivity contribution is -0.142. The fourth-order valence-corrected chi connectivity index (χ4v) is 6.36. The molecular formula is C36H31F3N2O5. The van der Waals surface area contributed by atoms with E-state index in [0.29, 0.717) is 39.4 Å². The zero-order valence-corrected chi connectivity index (χ0v) is 25.2. The van der Waals surface area contributed by atoms with E-state index in [4.69, 9.17) is 9.47 Å². The van der Waals surface area contributed by atoms with Crippen LogP contribution >= 0.6 is 0 Å². The van der Waals surface area contributed by atoms with Crippen LogP contribution in [0.15, 0.2) is 77.6 Å². The molecule has 0 spiro atoms. The minimum atomic E-state index is -1.29. The average Bonchev–Trinajstić information content (AvgIpc) is 3.60. The summed E-state index contributed by atoms with van der Waals surface area (Å²) in [6, 6.07) is 17.9. The zero-order valence-electron chi connectivity index (χ0n) is 25.2. The normalized spacial score (nSPS) is 15.3. The molecule has 0 aliphatic carbocycles. The number of carbonyl (C=O) groups is 2. The van der Waals surface area contributed by atoms with Crippen LogP contribution in [0.3, 0.4) is 0 Å². The molecule has 2 atom stereocenters. The van der Waals surface area contributed by atoms with Gasteiger partial charge in [0, 0.05) is 31.0 Å². The summed E-state index contributed by atoms with van der Waals surface area (Å²) in [4.78, 5) is 39.5. The number of fused-ring (bicyclic) bond motifs is 2. The molecule has 1 N–H and O–H groups in total. The summed E-state index contributed by atoms with van der Waals surface area (Å²) >= 11 is 0. The van der Waals surface area contributed by atoms with E-state index in [0.717, 1.165) is 43.7 Å². The quantitative estimate of drug-likeness (QED) is 0.199. The largest absolute Gasteiger partial charge is 0.467 e. The first-order chi connectivity index (χ1) is 22.2. The van der Waals surface area contributed by atoms with Gasteiger partial charge >= 0.3 is 5.97 Å². The number of benzene rings is 4. The SMILES string of the molecule is COC(=O)[C@H](Cc1cccc2c(-c3c(CF)c4cc(C5CCCO5)ccc4n(C)c3=O)cccc12)NC(=O)c1c(F)cccc1F. The lowest BCUT2D eigenvalue weighted by atomic mass is 9.90. The van der Waals surface area contributed by atoms with Crippen LogP contribution < -0.4 is 10.9 Å². The zero-order chi connectivity index (χ0) is 32.5. The Morgan fingerprint density at radius 2 is 1.72 bits per heavy atom. The van der Waals surface area contributed by atoms with Gasteiger partial charge in [-0.3, -0.25) is 9.59 Å². The number of alkyl halides is 1. The van der Waals surface area contributed by atoms with Crippen LogP contribution in [0.5, 0.6) is 0 Å². The summed E-state index contributed by atoms with van der Waals surface area (Å²) in [6.45, 7) is -0.216. The number of carbonyl (C=O) groups excluding carboxylic acids is 2. The number of halogens is 3. The van der Waals surface area contributed by atoms with Gasteiger partial charge in [-0.2, -0.15) is 0 Å². The number of rotatable bonds is 8. The summed E-state index contributed by atoms with van der Waals surface area (Å²) in [6.07, 6.45) is 1.63. The summed E-state index contributed by atoms with van der Waals surface area (Å²) in [7, 11) is 2.80. The van der Waals surface area contributed by atoms with E-state index in [1.807, 2.05) is 18.2 Å². The Kier molecular flexibility index (Phi) is 8.64.